The van der Waals surface area contributed by atoms with Gasteiger partial charge in [-0.2, -0.15) is 0 Å². The number of hydrogen-bond acceptors (Lipinski definition) is 4. The standard InChI is InChI=1S/C16H21N3O2/c1-11-4-6-14(7-5-11)16(20)18-9-8-17-10-15-12(2)19-21-13(15)3/h4-7,17H,8-10H2,1-3H3,(H,18,20). The molecule has 1 aromatic heterocycles. The van der Waals surface area contributed by atoms with Crippen LogP contribution < -0.4 is 10.6 Å². The molecule has 112 valence electrons. The maximum absolute atomic E-state index is 11.9. The normalized spacial score (nSPS) is 10.6. The minimum Gasteiger partial charge on any atom is -0.361 e. The third kappa shape index (κ3) is 4.16. The molecule has 0 aliphatic rings. The van der Waals surface area contributed by atoms with Crippen LogP contribution >= 0.6 is 0 Å². The lowest BCUT2D eigenvalue weighted by atomic mass is 10.1. The summed E-state index contributed by atoms with van der Waals surface area (Å²) >= 11 is 0. The van der Waals surface area contributed by atoms with Gasteiger partial charge in [0.25, 0.3) is 5.91 Å². The second-order valence-corrected chi connectivity index (χ2v) is 5.10. The lowest BCUT2D eigenvalue weighted by Gasteiger charge is -2.07. The quantitative estimate of drug-likeness (QED) is 0.799. The van der Waals surface area contributed by atoms with E-state index in [0.29, 0.717) is 25.2 Å². The third-order valence-electron chi connectivity index (χ3n) is 3.38. The highest BCUT2D eigenvalue weighted by molar-refractivity contribution is 5.94. The Labute approximate surface area is 124 Å². The van der Waals surface area contributed by atoms with E-state index < -0.39 is 0 Å². The van der Waals surface area contributed by atoms with Crippen LogP contribution in [0.15, 0.2) is 28.8 Å². The van der Waals surface area contributed by atoms with Crippen LogP contribution in [0.5, 0.6) is 0 Å². The number of benzene rings is 1. The topological polar surface area (TPSA) is 67.2 Å². The van der Waals surface area contributed by atoms with Gasteiger partial charge in [0.05, 0.1) is 5.69 Å². The van der Waals surface area contributed by atoms with Gasteiger partial charge in [0.15, 0.2) is 0 Å². The Morgan fingerprint density at radius 2 is 1.86 bits per heavy atom. The largest absolute Gasteiger partial charge is 0.361 e. The number of amides is 1. The Morgan fingerprint density at radius 1 is 1.14 bits per heavy atom. The molecule has 0 saturated heterocycles. The number of rotatable bonds is 6. The second kappa shape index (κ2) is 7.04. The van der Waals surface area contributed by atoms with E-state index in [4.69, 9.17) is 4.52 Å². The van der Waals surface area contributed by atoms with Crippen molar-refractivity contribution in [1.82, 2.24) is 15.8 Å². The van der Waals surface area contributed by atoms with Gasteiger partial charge < -0.3 is 15.2 Å². The minimum atomic E-state index is -0.0471. The van der Waals surface area contributed by atoms with E-state index in [1.807, 2.05) is 45.0 Å². The van der Waals surface area contributed by atoms with Crippen LogP contribution in [0.4, 0.5) is 0 Å². The van der Waals surface area contributed by atoms with E-state index in [-0.39, 0.29) is 5.91 Å². The fourth-order valence-electron chi connectivity index (χ4n) is 2.04. The van der Waals surface area contributed by atoms with E-state index in [2.05, 4.69) is 15.8 Å². The highest BCUT2D eigenvalue weighted by atomic mass is 16.5. The zero-order valence-electron chi connectivity index (χ0n) is 12.7. The van der Waals surface area contributed by atoms with Gasteiger partial charge in [0.2, 0.25) is 0 Å². The van der Waals surface area contributed by atoms with E-state index in [0.717, 1.165) is 22.6 Å². The molecular formula is C16H21N3O2. The zero-order valence-corrected chi connectivity index (χ0v) is 12.7. The molecule has 5 heteroatoms. The lowest BCUT2D eigenvalue weighted by molar-refractivity contribution is 0.0954. The van der Waals surface area contributed by atoms with E-state index in [1.165, 1.54) is 0 Å². The minimum absolute atomic E-state index is 0.0471. The van der Waals surface area contributed by atoms with E-state index in [9.17, 15) is 4.79 Å². The summed E-state index contributed by atoms with van der Waals surface area (Å²) in [7, 11) is 0. The van der Waals surface area contributed by atoms with Gasteiger partial charge in [-0.1, -0.05) is 22.9 Å². The van der Waals surface area contributed by atoms with Gasteiger partial charge in [0.1, 0.15) is 5.76 Å². The van der Waals surface area contributed by atoms with Crippen molar-refractivity contribution in [2.75, 3.05) is 13.1 Å². The van der Waals surface area contributed by atoms with Crippen LogP contribution in [0.1, 0.15) is 32.9 Å². The smallest absolute Gasteiger partial charge is 0.251 e. The predicted molar refractivity (Wildman–Crippen MR) is 81.2 cm³/mol. The molecular weight excluding hydrogens is 266 g/mol. The zero-order chi connectivity index (χ0) is 15.2. The van der Waals surface area contributed by atoms with Crippen molar-refractivity contribution in [3.63, 3.8) is 0 Å². The second-order valence-electron chi connectivity index (χ2n) is 5.10. The van der Waals surface area contributed by atoms with Gasteiger partial charge >= 0.3 is 0 Å². The molecule has 2 N–H and O–H groups in total. The highest BCUT2D eigenvalue weighted by Crippen LogP contribution is 2.11. The fourth-order valence-corrected chi connectivity index (χ4v) is 2.04. The molecule has 2 rings (SSSR count). The van der Waals surface area contributed by atoms with Gasteiger partial charge in [-0.15, -0.1) is 0 Å². The summed E-state index contributed by atoms with van der Waals surface area (Å²) in [5, 5.41) is 10.1. The summed E-state index contributed by atoms with van der Waals surface area (Å²) in [6, 6.07) is 7.54. The predicted octanol–water partition coefficient (Wildman–Crippen LogP) is 2.12. The van der Waals surface area contributed by atoms with Gasteiger partial charge in [-0.3, -0.25) is 4.79 Å². The van der Waals surface area contributed by atoms with Crippen LogP contribution in [0.3, 0.4) is 0 Å². The molecule has 0 saturated carbocycles. The van der Waals surface area contributed by atoms with Crippen molar-refractivity contribution in [1.29, 1.82) is 0 Å². The summed E-state index contributed by atoms with van der Waals surface area (Å²) in [6.45, 7) is 7.79. The Bertz CT molecular complexity index is 583. The molecule has 0 radical (unpaired) electrons. The van der Waals surface area contributed by atoms with Crippen LogP contribution in [0.25, 0.3) is 0 Å². The van der Waals surface area contributed by atoms with Crippen molar-refractivity contribution in [3.05, 3.63) is 52.4 Å². The first-order chi connectivity index (χ1) is 10.1. The molecule has 0 bridgehead atoms. The molecule has 1 amide bonds. The van der Waals surface area contributed by atoms with Crippen molar-refractivity contribution in [2.45, 2.75) is 27.3 Å². The van der Waals surface area contributed by atoms with Gasteiger partial charge in [-0.25, -0.2) is 0 Å². The summed E-state index contributed by atoms with van der Waals surface area (Å²) in [5.74, 6) is 0.790. The van der Waals surface area contributed by atoms with E-state index >= 15 is 0 Å². The number of aromatic nitrogens is 1. The van der Waals surface area contributed by atoms with Crippen LogP contribution in [0.2, 0.25) is 0 Å². The summed E-state index contributed by atoms with van der Waals surface area (Å²) in [4.78, 5) is 11.9. The van der Waals surface area contributed by atoms with Crippen molar-refractivity contribution in [2.24, 2.45) is 0 Å². The average molecular weight is 287 g/mol. The Balaban J connectivity index is 1.70. The third-order valence-corrected chi connectivity index (χ3v) is 3.38. The average Bonchev–Trinajstić information content (AvgIpc) is 2.79. The first kappa shape index (κ1) is 15.3. The Morgan fingerprint density at radius 3 is 2.48 bits per heavy atom. The summed E-state index contributed by atoms with van der Waals surface area (Å²) < 4.78 is 5.10. The molecule has 1 heterocycles. The maximum Gasteiger partial charge on any atom is 0.251 e. The van der Waals surface area contributed by atoms with Crippen LogP contribution in [-0.2, 0) is 6.54 Å². The highest BCUT2D eigenvalue weighted by Gasteiger charge is 2.08. The molecule has 2 aromatic rings. The molecule has 0 fully saturated rings. The molecule has 5 nitrogen and oxygen atoms in total. The molecule has 21 heavy (non-hydrogen) atoms. The number of hydrogen-bond donors (Lipinski definition) is 2. The SMILES string of the molecule is Cc1ccc(C(=O)NCCNCc2c(C)noc2C)cc1. The number of aryl methyl sites for hydroxylation is 3. The molecule has 1 aromatic carbocycles. The summed E-state index contributed by atoms with van der Waals surface area (Å²) in [5.41, 5.74) is 3.82. The fraction of sp³-hybridized carbons (Fsp3) is 0.375. The molecule has 0 unspecified atom stereocenters. The van der Waals surface area contributed by atoms with Gasteiger partial charge in [0, 0.05) is 30.8 Å². The number of nitrogens with zero attached hydrogens (tertiary/aromatic N) is 1. The van der Waals surface area contributed by atoms with Crippen LogP contribution in [-0.4, -0.2) is 24.2 Å². The number of nitrogens with one attached hydrogen (secondary N) is 2. The number of carbonyl (C=O) groups excluding carboxylic acids is 1. The number of carbonyl (C=O) groups is 1. The Kier molecular flexibility index (Phi) is 5.11. The maximum atomic E-state index is 11.9. The molecule has 0 aliphatic carbocycles. The Hall–Kier alpha value is -2.14. The van der Waals surface area contributed by atoms with E-state index in [1.54, 1.807) is 0 Å². The lowest BCUT2D eigenvalue weighted by Crippen LogP contribution is -2.31. The van der Waals surface area contributed by atoms with Crippen LogP contribution in [0, 0.1) is 20.8 Å². The van der Waals surface area contributed by atoms with Crippen molar-refractivity contribution < 1.29 is 9.32 Å². The molecule has 0 spiro atoms. The first-order valence-corrected chi connectivity index (χ1v) is 7.05. The monoisotopic (exact) mass is 287 g/mol. The van der Waals surface area contributed by atoms with Crippen molar-refractivity contribution >= 4 is 5.91 Å². The molecule has 0 atom stereocenters. The molecule has 0 aliphatic heterocycles. The first-order valence-electron chi connectivity index (χ1n) is 7.05. The van der Waals surface area contributed by atoms with Crippen molar-refractivity contribution in [3.8, 4) is 0 Å². The summed E-state index contributed by atoms with van der Waals surface area (Å²) in [6.07, 6.45) is 0. The van der Waals surface area contributed by atoms with Gasteiger partial charge in [-0.05, 0) is 32.9 Å².